The van der Waals surface area contributed by atoms with E-state index < -0.39 is 6.04 Å². The zero-order valence-corrected chi connectivity index (χ0v) is 14.0. The van der Waals surface area contributed by atoms with Gasteiger partial charge in [0.1, 0.15) is 5.75 Å². The van der Waals surface area contributed by atoms with Crippen LogP contribution in [0.3, 0.4) is 0 Å². The van der Waals surface area contributed by atoms with E-state index in [0.717, 1.165) is 30.8 Å². The molecule has 1 aromatic rings. The molecule has 1 aromatic carbocycles. The fraction of sp³-hybridized carbons (Fsp3) is 0.562. The standard InChI is InChI=1S/C16H24N2O3.ClH/c1-12(17)16(19)18(11-15-7-4-8-21-15)10-13-5-3-6-14(9-13)20-2;/h3,5-6,9,12,15H,4,7-8,10-11,17H2,1-2H3;1H/t12-,15?;/m1./s1. The number of ether oxygens (including phenoxy) is 2. The smallest absolute Gasteiger partial charge is 0.239 e. The normalized spacial score (nSPS) is 18.4. The molecule has 0 aliphatic carbocycles. The third-order valence-corrected chi connectivity index (χ3v) is 3.66. The summed E-state index contributed by atoms with van der Waals surface area (Å²) in [5.41, 5.74) is 6.79. The first-order valence-corrected chi connectivity index (χ1v) is 7.39. The highest BCUT2D eigenvalue weighted by molar-refractivity contribution is 5.85. The molecule has 6 heteroatoms. The number of carbonyl (C=O) groups is 1. The van der Waals surface area contributed by atoms with Gasteiger partial charge in [0, 0.05) is 19.7 Å². The largest absolute Gasteiger partial charge is 0.497 e. The maximum absolute atomic E-state index is 12.3. The Labute approximate surface area is 138 Å². The molecule has 1 aliphatic rings. The minimum absolute atomic E-state index is 0. The third kappa shape index (κ3) is 5.16. The van der Waals surface area contributed by atoms with Crippen LogP contribution in [0.2, 0.25) is 0 Å². The summed E-state index contributed by atoms with van der Waals surface area (Å²) in [5, 5.41) is 0. The third-order valence-electron chi connectivity index (χ3n) is 3.66. The molecule has 1 fully saturated rings. The Kier molecular flexibility index (Phi) is 7.65. The van der Waals surface area contributed by atoms with Crippen LogP contribution in [-0.4, -0.2) is 43.2 Å². The van der Waals surface area contributed by atoms with Crippen LogP contribution in [-0.2, 0) is 16.1 Å². The molecular formula is C16H25ClN2O3. The van der Waals surface area contributed by atoms with Crippen molar-refractivity contribution in [1.82, 2.24) is 4.90 Å². The van der Waals surface area contributed by atoms with Gasteiger partial charge in [0.05, 0.1) is 19.3 Å². The van der Waals surface area contributed by atoms with Crippen molar-refractivity contribution in [3.05, 3.63) is 29.8 Å². The highest BCUT2D eigenvalue weighted by atomic mass is 35.5. The highest BCUT2D eigenvalue weighted by Crippen LogP contribution is 2.18. The average molecular weight is 329 g/mol. The number of methoxy groups -OCH3 is 1. The molecule has 0 aromatic heterocycles. The van der Waals surface area contributed by atoms with Crippen molar-refractivity contribution in [1.29, 1.82) is 0 Å². The fourth-order valence-corrected chi connectivity index (χ4v) is 2.55. The van der Waals surface area contributed by atoms with E-state index in [4.69, 9.17) is 15.2 Å². The quantitative estimate of drug-likeness (QED) is 0.867. The van der Waals surface area contributed by atoms with Gasteiger partial charge < -0.3 is 20.1 Å². The molecule has 1 unspecified atom stereocenters. The van der Waals surface area contributed by atoms with Gasteiger partial charge in [-0.05, 0) is 37.5 Å². The monoisotopic (exact) mass is 328 g/mol. The molecule has 1 aliphatic heterocycles. The highest BCUT2D eigenvalue weighted by Gasteiger charge is 2.24. The summed E-state index contributed by atoms with van der Waals surface area (Å²) in [6.07, 6.45) is 2.18. The Hall–Kier alpha value is -1.30. The minimum atomic E-state index is -0.503. The van der Waals surface area contributed by atoms with Crippen LogP contribution in [0.1, 0.15) is 25.3 Å². The Balaban J connectivity index is 0.00000242. The number of nitrogens with zero attached hydrogens (tertiary/aromatic N) is 1. The summed E-state index contributed by atoms with van der Waals surface area (Å²) in [6, 6.07) is 7.24. The summed E-state index contributed by atoms with van der Waals surface area (Å²) in [5.74, 6) is 0.742. The number of halogens is 1. The van der Waals surface area contributed by atoms with Gasteiger partial charge >= 0.3 is 0 Å². The molecule has 2 N–H and O–H groups in total. The van der Waals surface area contributed by atoms with Crippen LogP contribution in [0, 0.1) is 0 Å². The Morgan fingerprint density at radius 2 is 2.32 bits per heavy atom. The summed E-state index contributed by atoms with van der Waals surface area (Å²) in [6.45, 7) is 3.62. The van der Waals surface area contributed by atoms with Gasteiger partial charge in [0.25, 0.3) is 0 Å². The number of rotatable bonds is 6. The first-order valence-electron chi connectivity index (χ1n) is 7.39. The Morgan fingerprint density at radius 1 is 1.55 bits per heavy atom. The van der Waals surface area contributed by atoms with Crippen LogP contribution < -0.4 is 10.5 Å². The van der Waals surface area contributed by atoms with Gasteiger partial charge in [-0.1, -0.05) is 12.1 Å². The van der Waals surface area contributed by atoms with Crippen molar-refractivity contribution in [2.24, 2.45) is 5.73 Å². The van der Waals surface area contributed by atoms with Crippen LogP contribution in [0.25, 0.3) is 0 Å². The molecule has 0 spiro atoms. The maximum atomic E-state index is 12.3. The molecule has 0 bridgehead atoms. The number of hydrogen-bond donors (Lipinski definition) is 1. The van der Waals surface area contributed by atoms with Gasteiger partial charge in [-0.3, -0.25) is 4.79 Å². The lowest BCUT2D eigenvalue weighted by molar-refractivity contribution is -0.134. The molecule has 0 saturated carbocycles. The Morgan fingerprint density at radius 3 is 2.91 bits per heavy atom. The van der Waals surface area contributed by atoms with E-state index >= 15 is 0 Å². The summed E-state index contributed by atoms with van der Waals surface area (Å²) in [4.78, 5) is 14.1. The van der Waals surface area contributed by atoms with E-state index in [1.807, 2.05) is 24.3 Å². The second-order valence-electron chi connectivity index (χ2n) is 5.49. The molecule has 1 amide bonds. The molecule has 0 radical (unpaired) electrons. The molecule has 5 nitrogen and oxygen atoms in total. The zero-order valence-electron chi connectivity index (χ0n) is 13.2. The van der Waals surface area contributed by atoms with Crippen LogP contribution in [0.4, 0.5) is 0 Å². The molecule has 124 valence electrons. The molecule has 1 saturated heterocycles. The summed E-state index contributed by atoms with van der Waals surface area (Å²) >= 11 is 0. The maximum Gasteiger partial charge on any atom is 0.239 e. The van der Waals surface area contributed by atoms with Crippen molar-refractivity contribution in [2.45, 2.75) is 38.5 Å². The number of hydrogen-bond acceptors (Lipinski definition) is 4. The first-order chi connectivity index (χ1) is 10.1. The van der Waals surface area contributed by atoms with E-state index in [2.05, 4.69) is 0 Å². The SMILES string of the molecule is COc1cccc(CN(CC2CCCO2)C(=O)[C@@H](C)N)c1.Cl. The molecule has 22 heavy (non-hydrogen) atoms. The van der Waals surface area contributed by atoms with Crippen LogP contribution >= 0.6 is 12.4 Å². The van der Waals surface area contributed by atoms with E-state index in [0.29, 0.717) is 13.1 Å². The Bertz CT molecular complexity index is 476. The summed E-state index contributed by atoms with van der Waals surface area (Å²) in [7, 11) is 1.64. The minimum Gasteiger partial charge on any atom is -0.497 e. The topological polar surface area (TPSA) is 64.8 Å². The molecule has 2 rings (SSSR count). The number of amides is 1. The first kappa shape index (κ1) is 18.7. The molecule has 1 heterocycles. The van der Waals surface area contributed by atoms with Crippen LogP contribution in [0.5, 0.6) is 5.75 Å². The average Bonchev–Trinajstić information content (AvgIpc) is 2.99. The summed E-state index contributed by atoms with van der Waals surface area (Å²) < 4.78 is 10.9. The van der Waals surface area contributed by atoms with Crippen molar-refractivity contribution in [3.63, 3.8) is 0 Å². The van der Waals surface area contributed by atoms with E-state index in [9.17, 15) is 4.79 Å². The van der Waals surface area contributed by atoms with Gasteiger partial charge in [-0.15, -0.1) is 12.4 Å². The van der Waals surface area contributed by atoms with E-state index in [1.54, 1.807) is 18.9 Å². The van der Waals surface area contributed by atoms with Gasteiger partial charge in [-0.2, -0.15) is 0 Å². The molecular weight excluding hydrogens is 304 g/mol. The number of nitrogens with two attached hydrogens (primary N) is 1. The lowest BCUT2D eigenvalue weighted by atomic mass is 10.1. The predicted molar refractivity (Wildman–Crippen MR) is 88.3 cm³/mol. The lowest BCUT2D eigenvalue weighted by Crippen LogP contribution is -2.44. The van der Waals surface area contributed by atoms with Crippen molar-refractivity contribution >= 4 is 18.3 Å². The zero-order chi connectivity index (χ0) is 15.2. The predicted octanol–water partition coefficient (Wildman–Crippen LogP) is 1.97. The lowest BCUT2D eigenvalue weighted by Gasteiger charge is -2.27. The van der Waals surface area contributed by atoms with Gasteiger partial charge in [0.2, 0.25) is 5.91 Å². The fourth-order valence-electron chi connectivity index (χ4n) is 2.55. The number of benzene rings is 1. The second-order valence-corrected chi connectivity index (χ2v) is 5.49. The number of carbonyl (C=O) groups excluding carboxylic acids is 1. The van der Waals surface area contributed by atoms with Crippen LogP contribution in [0.15, 0.2) is 24.3 Å². The van der Waals surface area contributed by atoms with E-state index in [-0.39, 0.29) is 24.4 Å². The van der Waals surface area contributed by atoms with Crippen molar-refractivity contribution in [2.75, 3.05) is 20.3 Å². The van der Waals surface area contributed by atoms with Gasteiger partial charge in [-0.25, -0.2) is 0 Å². The van der Waals surface area contributed by atoms with E-state index in [1.165, 1.54) is 0 Å². The van der Waals surface area contributed by atoms with Crippen molar-refractivity contribution in [3.8, 4) is 5.75 Å². The van der Waals surface area contributed by atoms with Crippen molar-refractivity contribution < 1.29 is 14.3 Å². The second kappa shape index (κ2) is 8.98. The van der Waals surface area contributed by atoms with Gasteiger partial charge in [0.15, 0.2) is 0 Å². The molecule has 2 atom stereocenters.